The lowest BCUT2D eigenvalue weighted by atomic mass is 9.82. The van der Waals surface area contributed by atoms with Crippen molar-refractivity contribution in [3.8, 4) is 0 Å². The van der Waals surface area contributed by atoms with Crippen molar-refractivity contribution in [3.05, 3.63) is 30.4 Å². The Morgan fingerprint density at radius 3 is 2.76 bits per heavy atom. The summed E-state index contributed by atoms with van der Waals surface area (Å²) in [6.45, 7) is 2.12. The van der Waals surface area contributed by atoms with E-state index in [0.29, 0.717) is 12.3 Å². The number of nitrogens with one attached hydrogen (secondary N) is 1. The molecule has 0 spiro atoms. The van der Waals surface area contributed by atoms with Crippen LogP contribution in [0.5, 0.6) is 0 Å². The van der Waals surface area contributed by atoms with Gasteiger partial charge in [-0.25, -0.2) is 4.98 Å². The number of esters is 1. The predicted octanol–water partition coefficient (Wildman–Crippen LogP) is 3.41. The zero-order valence-electron chi connectivity index (χ0n) is 15.7. The van der Waals surface area contributed by atoms with Crippen LogP contribution in [0.4, 0.5) is 5.69 Å². The maximum Gasteiger partial charge on any atom is 0.316 e. The maximum absolute atomic E-state index is 12.8. The van der Waals surface area contributed by atoms with E-state index in [1.807, 2.05) is 24.3 Å². The van der Waals surface area contributed by atoms with Gasteiger partial charge in [-0.1, -0.05) is 23.9 Å². The molecule has 1 aromatic carbocycles. The number of benzene rings is 1. The lowest BCUT2D eigenvalue weighted by Gasteiger charge is -2.23. The molecule has 2 N–H and O–H groups in total. The van der Waals surface area contributed by atoms with Crippen LogP contribution in [-0.2, 0) is 19.1 Å². The first-order valence-electron chi connectivity index (χ1n) is 9.37. The van der Waals surface area contributed by atoms with Crippen LogP contribution >= 0.6 is 23.1 Å². The highest BCUT2D eigenvalue weighted by atomic mass is 32.2. The highest BCUT2D eigenvalue weighted by molar-refractivity contribution is 8.01. The minimum Gasteiger partial charge on any atom is -0.481 e. The van der Waals surface area contributed by atoms with E-state index in [0.717, 1.165) is 21.0 Å². The standard InChI is InChI=1S/C20H20N2O5S2/c1-2-27-15(23)9-28-20-22-13-6-5-12(8-14(13)29-20)21-18(24)16-10-3-4-11(7-10)17(16)19(25)26/h3-6,8,10-11,16-17H,2,7,9H2,1H3,(H,21,24)(H,25,26)/t10-,11-,16+,17-/m0/s1. The molecule has 1 heterocycles. The highest BCUT2D eigenvalue weighted by Gasteiger charge is 2.51. The van der Waals surface area contributed by atoms with Gasteiger partial charge in [0.25, 0.3) is 0 Å². The Morgan fingerprint density at radius 1 is 1.28 bits per heavy atom. The number of thioether (sulfide) groups is 1. The van der Waals surface area contributed by atoms with Crippen LogP contribution in [0.3, 0.4) is 0 Å². The summed E-state index contributed by atoms with van der Waals surface area (Å²) in [5.74, 6) is -2.53. The first-order valence-corrected chi connectivity index (χ1v) is 11.2. The number of aromatic nitrogens is 1. The Morgan fingerprint density at radius 2 is 2.03 bits per heavy atom. The number of nitrogens with zero attached hydrogens (tertiary/aromatic N) is 1. The number of anilines is 1. The van der Waals surface area contributed by atoms with Gasteiger partial charge in [0.1, 0.15) is 0 Å². The van der Waals surface area contributed by atoms with Crippen LogP contribution < -0.4 is 5.32 Å². The van der Waals surface area contributed by atoms with Crippen molar-refractivity contribution < 1.29 is 24.2 Å². The van der Waals surface area contributed by atoms with Gasteiger partial charge >= 0.3 is 11.9 Å². The number of carbonyl (C=O) groups is 3. The molecule has 2 aliphatic carbocycles. The van der Waals surface area contributed by atoms with Crippen LogP contribution in [0.2, 0.25) is 0 Å². The number of thiazole rings is 1. The second kappa shape index (κ2) is 8.16. The minimum atomic E-state index is -0.914. The van der Waals surface area contributed by atoms with Gasteiger partial charge in [0, 0.05) is 5.69 Å². The van der Waals surface area contributed by atoms with Gasteiger partial charge in [-0.3, -0.25) is 14.4 Å². The van der Waals surface area contributed by atoms with E-state index >= 15 is 0 Å². The number of carboxylic acid groups (broad SMARTS) is 1. The lowest BCUT2D eigenvalue weighted by molar-refractivity contribution is -0.146. The third-order valence-corrected chi connectivity index (χ3v) is 7.44. The molecular weight excluding hydrogens is 412 g/mol. The van der Waals surface area contributed by atoms with E-state index in [1.54, 1.807) is 13.0 Å². The third kappa shape index (κ3) is 4.02. The summed E-state index contributed by atoms with van der Waals surface area (Å²) in [6, 6.07) is 5.40. The Bertz CT molecular complexity index is 1000. The van der Waals surface area contributed by atoms with E-state index in [1.165, 1.54) is 23.1 Å². The number of allylic oxidation sites excluding steroid dienone is 2. The summed E-state index contributed by atoms with van der Waals surface area (Å²) in [5, 5.41) is 12.4. The molecular formula is C20H20N2O5S2. The van der Waals surface area contributed by atoms with Crippen molar-refractivity contribution in [3.63, 3.8) is 0 Å². The molecule has 0 radical (unpaired) electrons. The molecule has 29 heavy (non-hydrogen) atoms. The fourth-order valence-corrected chi connectivity index (χ4v) is 6.01. The molecule has 2 aromatic rings. The van der Waals surface area contributed by atoms with E-state index in [2.05, 4.69) is 10.3 Å². The number of amides is 1. The van der Waals surface area contributed by atoms with Gasteiger partial charge in [-0.2, -0.15) is 0 Å². The van der Waals surface area contributed by atoms with Gasteiger partial charge in [0.15, 0.2) is 4.34 Å². The average molecular weight is 433 g/mol. The zero-order valence-corrected chi connectivity index (χ0v) is 17.3. The summed E-state index contributed by atoms with van der Waals surface area (Å²) in [5.41, 5.74) is 1.40. The molecule has 0 unspecified atom stereocenters. The van der Waals surface area contributed by atoms with Crippen LogP contribution in [-0.4, -0.2) is 40.3 Å². The largest absolute Gasteiger partial charge is 0.481 e. The van der Waals surface area contributed by atoms with Crippen molar-refractivity contribution in [1.29, 1.82) is 0 Å². The number of aliphatic carboxylic acids is 1. The number of ether oxygens (including phenoxy) is 1. The molecule has 0 saturated heterocycles. The summed E-state index contributed by atoms with van der Waals surface area (Å²) < 4.78 is 6.56. The zero-order chi connectivity index (χ0) is 20.5. The molecule has 4 rings (SSSR count). The Kier molecular flexibility index (Phi) is 5.60. The summed E-state index contributed by atoms with van der Waals surface area (Å²) in [4.78, 5) is 40.4. The van der Waals surface area contributed by atoms with Crippen molar-refractivity contribution in [2.45, 2.75) is 17.7 Å². The third-order valence-electron chi connectivity index (χ3n) is 5.30. The topological polar surface area (TPSA) is 106 Å². The van der Waals surface area contributed by atoms with Crippen LogP contribution in [0, 0.1) is 23.7 Å². The predicted molar refractivity (Wildman–Crippen MR) is 111 cm³/mol. The van der Waals surface area contributed by atoms with Gasteiger partial charge in [0.05, 0.1) is 34.4 Å². The van der Waals surface area contributed by atoms with Gasteiger partial charge in [-0.05, 0) is 43.4 Å². The van der Waals surface area contributed by atoms with Crippen molar-refractivity contribution in [1.82, 2.24) is 4.98 Å². The van der Waals surface area contributed by atoms with Crippen molar-refractivity contribution in [2.75, 3.05) is 17.7 Å². The smallest absolute Gasteiger partial charge is 0.316 e. The number of hydrogen-bond donors (Lipinski definition) is 2. The Hall–Kier alpha value is -2.39. The SMILES string of the molecule is CCOC(=O)CSc1nc2ccc(NC(=O)[C@H]3[C@@H](C(=O)O)[C@H]4C=C[C@H]3C4)cc2s1. The van der Waals surface area contributed by atoms with Crippen molar-refractivity contribution in [2.24, 2.45) is 23.7 Å². The Labute approximate surface area is 175 Å². The van der Waals surface area contributed by atoms with Gasteiger partial charge in [-0.15, -0.1) is 11.3 Å². The number of rotatable bonds is 7. The van der Waals surface area contributed by atoms with E-state index in [-0.39, 0.29) is 29.5 Å². The summed E-state index contributed by atoms with van der Waals surface area (Å²) in [7, 11) is 0. The normalized spacial score (nSPS) is 24.7. The van der Waals surface area contributed by atoms with Gasteiger partial charge < -0.3 is 15.2 Å². The van der Waals surface area contributed by atoms with E-state index < -0.39 is 17.8 Å². The number of carboxylic acids is 1. The molecule has 7 nitrogen and oxygen atoms in total. The second-order valence-corrected chi connectivity index (χ2v) is 9.34. The fourth-order valence-electron chi connectivity index (χ4n) is 4.11. The number of hydrogen-bond acceptors (Lipinski definition) is 7. The van der Waals surface area contributed by atoms with Gasteiger partial charge in [0.2, 0.25) is 5.91 Å². The average Bonchev–Trinajstić information content (AvgIpc) is 3.39. The second-order valence-electron chi connectivity index (χ2n) is 7.08. The minimum absolute atomic E-state index is 0.0147. The van der Waals surface area contributed by atoms with Crippen molar-refractivity contribution >= 4 is 56.8 Å². The molecule has 2 bridgehead atoms. The first kappa shape index (κ1) is 19.9. The summed E-state index contributed by atoms with van der Waals surface area (Å²) >= 11 is 2.75. The molecule has 152 valence electrons. The maximum atomic E-state index is 12.8. The summed E-state index contributed by atoms with van der Waals surface area (Å²) in [6.07, 6.45) is 4.61. The van der Waals surface area contributed by atoms with E-state index in [4.69, 9.17) is 4.74 Å². The fraction of sp³-hybridized carbons (Fsp3) is 0.400. The van der Waals surface area contributed by atoms with Crippen LogP contribution in [0.25, 0.3) is 10.2 Å². The molecule has 2 aliphatic rings. The monoisotopic (exact) mass is 432 g/mol. The van der Waals surface area contributed by atoms with Crippen LogP contribution in [0.1, 0.15) is 13.3 Å². The van der Waals surface area contributed by atoms with E-state index in [9.17, 15) is 19.5 Å². The molecule has 1 amide bonds. The quantitative estimate of drug-likeness (QED) is 0.392. The molecule has 1 aromatic heterocycles. The molecule has 9 heteroatoms. The lowest BCUT2D eigenvalue weighted by Crippen LogP contribution is -2.36. The molecule has 1 fully saturated rings. The number of carbonyl (C=O) groups excluding carboxylic acids is 2. The van der Waals surface area contributed by atoms with Crippen LogP contribution in [0.15, 0.2) is 34.7 Å². The molecule has 0 aliphatic heterocycles. The highest BCUT2D eigenvalue weighted by Crippen LogP contribution is 2.48. The Balaban J connectivity index is 1.46. The molecule has 4 atom stereocenters. The number of fused-ring (bicyclic) bond motifs is 3. The first-order chi connectivity index (χ1) is 14.0. The molecule has 1 saturated carbocycles.